The van der Waals surface area contributed by atoms with Crippen LogP contribution in [0.2, 0.25) is 0 Å². The Morgan fingerprint density at radius 3 is 2.78 bits per heavy atom. The van der Waals surface area contributed by atoms with Gasteiger partial charge in [-0.1, -0.05) is 20.8 Å². The first kappa shape index (κ1) is 16.5. The van der Waals surface area contributed by atoms with Gasteiger partial charge in [-0.3, -0.25) is 9.59 Å². The summed E-state index contributed by atoms with van der Waals surface area (Å²) < 4.78 is 0. The van der Waals surface area contributed by atoms with Gasteiger partial charge in [-0.05, 0) is 49.1 Å². The first-order valence-corrected chi connectivity index (χ1v) is 9.29. The van der Waals surface area contributed by atoms with Crippen molar-refractivity contribution in [1.82, 2.24) is 4.90 Å². The molecule has 1 aromatic heterocycles. The number of carbonyl (C=O) groups excluding carboxylic acids is 1. The Balaban J connectivity index is 1.79. The van der Waals surface area contributed by atoms with E-state index >= 15 is 0 Å². The average molecular weight is 335 g/mol. The molecule has 3 rings (SSSR count). The quantitative estimate of drug-likeness (QED) is 0.920. The number of aryl methyl sites for hydroxylation is 1. The zero-order chi connectivity index (χ0) is 16.8. The van der Waals surface area contributed by atoms with Crippen LogP contribution in [-0.4, -0.2) is 35.0 Å². The maximum Gasteiger partial charge on any atom is 0.311 e. The Bertz CT molecular complexity index is 636. The summed E-state index contributed by atoms with van der Waals surface area (Å²) in [6.07, 6.45) is 3.87. The average Bonchev–Trinajstić information content (AvgIpc) is 3.10. The van der Waals surface area contributed by atoms with Gasteiger partial charge in [-0.25, -0.2) is 0 Å². The molecule has 1 N–H and O–H groups in total. The highest BCUT2D eigenvalue weighted by atomic mass is 32.1. The molecule has 1 aromatic rings. The first-order chi connectivity index (χ1) is 10.8. The largest absolute Gasteiger partial charge is 0.481 e. The predicted molar refractivity (Wildman–Crippen MR) is 90.9 cm³/mol. The summed E-state index contributed by atoms with van der Waals surface area (Å²) in [4.78, 5) is 28.4. The number of rotatable bonds is 3. The topological polar surface area (TPSA) is 57.6 Å². The van der Waals surface area contributed by atoms with Gasteiger partial charge in [0, 0.05) is 18.0 Å². The Morgan fingerprint density at radius 1 is 1.43 bits per heavy atom. The van der Waals surface area contributed by atoms with Crippen molar-refractivity contribution in [2.24, 2.45) is 17.3 Å². The molecule has 0 saturated carbocycles. The standard InChI is InChI=1S/C18H25NO3S/c1-11(2)18(17(21)22)6-7-19(10-18)16(20)15-9-13-8-12(3)4-5-14(13)23-15/h9,11-12H,4-8,10H2,1-3H3,(H,21,22). The van der Waals surface area contributed by atoms with E-state index in [9.17, 15) is 14.7 Å². The van der Waals surface area contributed by atoms with E-state index in [0.717, 1.165) is 17.7 Å². The highest BCUT2D eigenvalue weighted by molar-refractivity contribution is 7.14. The van der Waals surface area contributed by atoms with Crippen molar-refractivity contribution < 1.29 is 14.7 Å². The summed E-state index contributed by atoms with van der Waals surface area (Å²) >= 11 is 1.61. The summed E-state index contributed by atoms with van der Waals surface area (Å²) in [5.74, 6) is -0.0504. The van der Waals surface area contributed by atoms with E-state index in [1.807, 2.05) is 19.9 Å². The molecule has 1 aliphatic heterocycles. The third-order valence-corrected chi connectivity index (χ3v) is 6.88. The van der Waals surface area contributed by atoms with Crippen molar-refractivity contribution in [2.75, 3.05) is 13.1 Å². The molecule has 4 nitrogen and oxygen atoms in total. The molecule has 5 heteroatoms. The second-order valence-electron chi connectivity index (χ2n) is 7.50. The molecule has 0 aromatic carbocycles. The minimum absolute atomic E-state index is 0.0147. The van der Waals surface area contributed by atoms with Crippen molar-refractivity contribution in [2.45, 2.75) is 46.5 Å². The summed E-state index contributed by atoms with van der Waals surface area (Å²) in [7, 11) is 0. The number of likely N-dealkylation sites (tertiary alicyclic amines) is 1. The van der Waals surface area contributed by atoms with Gasteiger partial charge in [0.2, 0.25) is 0 Å². The molecule has 2 heterocycles. The Morgan fingerprint density at radius 2 is 2.17 bits per heavy atom. The fourth-order valence-corrected chi connectivity index (χ4v) is 5.04. The molecule has 23 heavy (non-hydrogen) atoms. The molecule has 0 spiro atoms. The van der Waals surface area contributed by atoms with Crippen molar-refractivity contribution in [3.05, 3.63) is 21.4 Å². The van der Waals surface area contributed by atoms with Crippen LogP contribution in [0.4, 0.5) is 0 Å². The zero-order valence-electron chi connectivity index (χ0n) is 14.1. The van der Waals surface area contributed by atoms with Crippen molar-refractivity contribution >= 4 is 23.2 Å². The van der Waals surface area contributed by atoms with E-state index < -0.39 is 11.4 Å². The monoisotopic (exact) mass is 335 g/mol. The number of amides is 1. The van der Waals surface area contributed by atoms with Crippen molar-refractivity contribution in [3.8, 4) is 0 Å². The van der Waals surface area contributed by atoms with Crippen LogP contribution in [0.5, 0.6) is 0 Å². The number of aliphatic carboxylic acids is 1. The van der Waals surface area contributed by atoms with Gasteiger partial charge in [0.1, 0.15) is 0 Å². The van der Waals surface area contributed by atoms with E-state index in [1.54, 1.807) is 16.2 Å². The normalized spacial score (nSPS) is 27.3. The molecule has 0 radical (unpaired) electrons. The molecule has 2 unspecified atom stereocenters. The van der Waals surface area contributed by atoms with Gasteiger partial charge in [-0.2, -0.15) is 0 Å². The Kier molecular flexibility index (Phi) is 4.25. The van der Waals surface area contributed by atoms with E-state index in [-0.39, 0.29) is 11.8 Å². The fraction of sp³-hybridized carbons (Fsp3) is 0.667. The van der Waals surface area contributed by atoms with Crippen LogP contribution in [0.25, 0.3) is 0 Å². The first-order valence-electron chi connectivity index (χ1n) is 8.47. The summed E-state index contributed by atoms with van der Waals surface area (Å²) in [5.41, 5.74) is 0.533. The molecule has 1 amide bonds. The molecule has 2 atom stereocenters. The van der Waals surface area contributed by atoms with E-state index in [0.29, 0.717) is 25.4 Å². The number of thiophene rings is 1. The third-order valence-electron chi connectivity index (χ3n) is 5.66. The van der Waals surface area contributed by atoms with Crippen LogP contribution in [0.1, 0.15) is 53.7 Å². The number of fused-ring (bicyclic) bond motifs is 1. The van der Waals surface area contributed by atoms with Crippen molar-refractivity contribution in [3.63, 3.8) is 0 Å². The second kappa shape index (κ2) is 5.93. The smallest absolute Gasteiger partial charge is 0.311 e. The Labute approximate surface area is 141 Å². The Hall–Kier alpha value is -1.36. The predicted octanol–water partition coefficient (Wildman–Crippen LogP) is 3.45. The number of nitrogens with zero attached hydrogens (tertiary/aromatic N) is 1. The van der Waals surface area contributed by atoms with Crippen LogP contribution < -0.4 is 0 Å². The lowest BCUT2D eigenvalue weighted by Gasteiger charge is -2.28. The second-order valence-corrected chi connectivity index (χ2v) is 8.64. The van der Waals surface area contributed by atoms with E-state index in [4.69, 9.17) is 0 Å². The van der Waals surface area contributed by atoms with Crippen LogP contribution in [-0.2, 0) is 17.6 Å². The number of carboxylic acid groups (broad SMARTS) is 1. The van der Waals surface area contributed by atoms with Crippen LogP contribution in [0, 0.1) is 17.3 Å². The number of hydrogen-bond donors (Lipinski definition) is 1. The van der Waals surface area contributed by atoms with Gasteiger partial charge < -0.3 is 10.0 Å². The highest BCUT2D eigenvalue weighted by Gasteiger charge is 2.48. The zero-order valence-corrected chi connectivity index (χ0v) is 14.9. The molecular weight excluding hydrogens is 310 g/mol. The number of carbonyl (C=O) groups is 2. The summed E-state index contributed by atoms with van der Waals surface area (Å²) in [6.45, 7) is 7.01. The van der Waals surface area contributed by atoms with Crippen molar-refractivity contribution in [1.29, 1.82) is 0 Å². The van der Waals surface area contributed by atoms with Gasteiger partial charge in [0.25, 0.3) is 5.91 Å². The van der Waals surface area contributed by atoms with E-state index in [1.165, 1.54) is 16.9 Å². The van der Waals surface area contributed by atoms with E-state index in [2.05, 4.69) is 6.92 Å². The summed E-state index contributed by atoms with van der Waals surface area (Å²) in [6, 6.07) is 2.05. The molecule has 0 bridgehead atoms. The van der Waals surface area contributed by atoms with Crippen LogP contribution in [0.3, 0.4) is 0 Å². The lowest BCUT2D eigenvalue weighted by molar-refractivity contribution is -0.150. The molecule has 1 aliphatic carbocycles. The van der Waals surface area contributed by atoms with Gasteiger partial charge >= 0.3 is 5.97 Å². The molecular formula is C18H25NO3S. The van der Waals surface area contributed by atoms with Gasteiger partial charge in [-0.15, -0.1) is 11.3 Å². The number of carboxylic acids is 1. The fourth-order valence-electron chi connectivity index (χ4n) is 3.87. The highest BCUT2D eigenvalue weighted by Crippen LogP contribution is 2.40. The maximum atomic E-state index is 12.8. The third kappa shape index (κ3) is 2.80. The van der Waals surface area contributed by atoms with Gasteiger partial charge in [0.15, 0.2) is 0 Å². The lowest BCUT2D eigenvalue weighted by Crippen LogP contribution is -2.40. The SMILES string of the molecule is CC1CCc2sc(C(=O)N3CCC(C(=O)O)(C(C)C)C3)cc2C1. The minimum atomic E-state index is -0.791. The molecule has 2 aliphatic rings. The molecule has 1 fully saturated rings. The maximum absolute atomic E-state index is 12.8. The summed E-state index contributed by atoms with van der Waals surface area (Å²) in [5, 5.41) is 9.63. The van der Waals surface area contributed by atoms with Gasteiger partial charge in [0.05, 0.1) is 10.3 Å². The molecule has 1 saturated heterocycles. The number of hydrogen-bond acceptors (Lipinski definition) is 3. The minimum Gasteiger partial charge on any atom is -0.481 e. The van der Waals surface area contributed by atoms with Crippen LogP contribution in [0.15, 0.2) is 6.07 Å². The lowest BCUT2D eigenvalue weighted by atomic mass is 9.76. The van der Waals surface area contributed by atoms with Crippen LogP contribution >= 0.6 is 11.3 Å². The molecule has 126 valence electrons.